The molecule has 0 fully saturated rings. The minimum atomic E-state index is 0. The fraction of sp³-hybridized carbons (Fsp3) is 0.182. The Morgan fingerprint density at radius 2 is 1.36 bits per heavy atom. The quantitative estimate of drug-likeness (QED) is 0.551. The van der Waals surface area contributed by atoms with E-state index < -0.39 is 0 Å². The van der Waals surface area contributed by atoms with Gasteiger partial charge in [-0.1, -0.05) is 12.2 Å². The van der Waals surface area contributed by atoms with Gasteiger partial charge in [0.2, 0.25) is 0 Å². The molecule has 0 saturated heterocycles. The van der Waals surface area contributed by atoms with Crippen molar-refractivity contribution in [2.45, 2.75) is 0 Å². The summed E-state index contributed by atoms with van der Waals surface area (Å²) in [7, 11) is 0. The van der Waals surface area contributed by atoms with Crippen LogP contribution in [-0.4, -0.2) is 22.9 Å². The second kappa shape index (κ2) is 10.6. The Hall–Kier alpha value is -0.492. The van der Waals surface area contributed by atoms with Crippen molar-refractivity contribution in [2.24, 2.45) is 0 Å². The molecule has 0 saturated carbocycles. The molecule has 1 heterocycles. The summed E-state index contributed by atoms with van der Waals surface area (Å²) in [6, 6.07) is 0. The number of rotatable bonds is 4. The van der Waals surface area contributed by atoms with Crippen molar-refractivity contribution in [3.05, 3.63) is 59.2 Å². The van der Waals surface area contributed by atoms with Crippen molar-refractivity contribution < 1.29 is 21.1 Å². The van der Waals surface area contributed by atoms with Gasteiger partial charge in [-0.15, -0.1) is 13.2 Å². The van der Waals surface area contributed by atoms with Crippen molar-refractivity contribution in [1.29, 1.82) is 0 Å². The summed E-state index contributed by atoms with van der Waals surface area (Å²) in [5.41, 5.74) is 0. The molecule has 1 aliphatic heterocycles. The van der Waals surface area contributed by atoms with Gasteiger partial charge in [-0.25, -0.2) is 0 Å². The molecule has 0 bridgehead atoms. The van der Waals surface area contributed by atoms with E-state index in [1.807, 2.05) is 31.2 Å². The molecule has 0 aromatic rings. The maximum absolute atomic E-state index is 3.66. The van der Waals surface area contributed by atoms with Crippen molar-refractivity contribution in [2.75, 3.05) is 13.1 Å². The standard InChI is InChI=1S/C9H13N2.2CH3.Pt/c1-3-5-10-7-8-11(9-10)6-4-2;;;/h3-4,7-9H,1-2,5-6H2;2*1H3;/q3*-1;. The van der Waals surface area contributed by atoms with Crippen LogP contribution in [0.5, 0.6) is 0 Å². The second-order valence-corrected chi connectivity index (χ2v) is 2.38. The molecule has 0 aromatic carbocycles. The van der Waals surface area contributed by atoms with Gasteiger partial charge in [-0.3, -0.25) is 0 Å². The molecule has 0 radical (unpaired) electrons. The first-order chi connectivity index (χ1) is 5.36. The summed E-state index contributed by atoms with van der Waals surface area (Å²) in [5.74, 6) is 0. The van der Waals surface area contributed by atoms with E-state index in [9.17, 15) is 0 Å². The first-order valence-electron chi connectivity index (χ1n) is 3.63. The third kappa shape index (κ3) is 6.04. The van der Waals surface area contributed by atoms with Crippen LogP contribution in [-0.2, 0) is 21.1 Å². The molecule has 3 heteroatoms. The molecular formula is C11H19N2Pt-3. The van der Waals surface area contributed by atoms with Crippen LogP contribution in [0.3, 0.4) is 0 Å². The normalized spacial score (nSPS) is 12.3. The Bertz CT molecular complexity index is 160. The Kier molecular flexibility index (Phi) is 14.5. The zero-order valence-electron chi connectivity index (χ0n) is 8.93. The molecule has 0 amide bonds. The van der Waals surface area contributed by atoms with Crippen molar-refractivity contribution in [1.82, 2.24) is 9.80 Å². The summed E-state index contributed by atoms with van der Waals surface area (Å²) in [6.45, 7) is 11.1. The molecule has 0 aliphatic carbocycles. The van der Waals surface area contributed by atoms with Gasteiger partial charge in [0.15, 0.2) is 0 Å². The van der Waals surface area contributed by atoms with Crippen LogP contribution in [0.2, 0.25) is 0 Å². The Balaban J connectivity index is -0.000000403. The van der Waals surface area contributed by atoms with E-state index in [4.69, 9.17) is 0 Å². The first kappa shape index (κ1) is 19.1. The summed E-state index contributed by atoms with van der Waals surface area (Å²) in [5, 5.41) is 0. The fourth-order valence-electron chi connectivity index (χ4n) is 0.953. The number of hydrogen-bond donors (Lipinski definition) is 0. The van der Waals surface area contributed by atoms with Gasteiger partial charge in [0.1, 0.15) is 0 Å². The van der Waals surface area contributed by atoms with Crippen molar-refractivity contribution in [3.63, 3.8) is 0 Å². The van der Waals surface area contributed by atoms with E-state index in [0.29, 0.717) is 0 Å². The topological polar surface area (TPSA) is 6.48 Å². The molecule has 0 aromatic heterocycles. The third-order valence-electron chi connectivity index (χ3n) is 1.43. The van der Waals surface area contributed by atoms with Crippen molar-refractivity contribution in [3.8, 4) is 0 Å². The van der Waals surface area contributed by atoms with Gasteiger partial charge in [-0.2, -0.15) is 6.67 Å². The largest absolute Gasteiger partial charge is 0.505 e. The number of nitrogens with zero attached hydrogens (tertiary/aromatic N) is 2. The molecule has 0 spiro atoms. The van der Waals surface area contributed by atoms with Crippen LogP contribution in [0.25, 0.3) is 0 Å². The van der Waals surface area contributed by atoms with Crippen LogP contribution in [0.15, 0.2) is 37.7 Å². The minimum absolute atomic E-state index is 0. The zero-order valence-corrected chi connectivity index (χ0v) is 11.2. The van der Waals surface area contributed by atoms with E-state index in [2.05, 4.69) is 23.0 Å². The third-order valence-corrected chi connectivity index (χ3v) is 1.43. The first-order valence-corrected chi connectivity index (χ1v) is 3.63. The van der Waals surface area contributed by atoms with Gasteiger partial charge in [0.25, 0.3) is 0 Å². The molecule has 1 rings (SSSR count). The average Bonchev–Trinajstić information content (AvgIpc) is 2.38. The van der Waals surface area contributed by atoms with Crippen molar-refractivity contribution >= 4 is 0 Å². The molecule has 0 unspecified atom stereocenters. The second-order valence-electron chi connectivity index (χ2n) is 2.38. The summed E-state index contributed by atoms with van der Waals surface area (Å²) in [6.07, 6.45) is 7.78. The smallest absolute Gasteiger partial charge is 0.00788 e. The fourth-order valence-corrected chi connectivity index (χ4v) is 0.953. The van der Waals surface area contributed by atoms with Crippen LogP contribution in [0.1, 0.15) is 0 Å². The number of hydrogen-bond acceptors (Lipinski definition) is 2. The van der Waals surface area contributed by atoms with Crippen LogP contribution in [0, 0.1) is 21.5 Å². The van der Waals surface area contributed by atoms with Gasteiger partial charge in [0.05, 0.1) is 0 Å². The molecule has 86 valence electrons. The van der Waals surface area contributed by atoms with Crippen LogP contribution < -0.4 is 0 Å². The van der Waals surface area contributed by atoms with Crippen LogP contribution >= 0.6 is 0 Å². The summed E-state index contributed by atoms with van der Waals surface area (Å²) < 4.78 is 0. The average molecular weight is 374 g/mol. The molecule has 0 N–H and O–H groups in total. The van der Waals surface area contributed by atoms with Gasteiger partial charge < -0.3 is 24.7 Å². The Morgan fingerprint density at radius 3 is 1.64 bits per heavy atom. The monoisotopic (exact) mass is 374 g/mol. The minimum Gasteiger partial charge on any atom is -0.505 e. The molecule has 2 nitrogen and oxygen atoms in total. The molecule has 1 aliphatic rings. The zero-order chi connectivity index (χ0) is 8.10. The van der Waals surface area contributed by atoms with Crippen LogP contribution in [0.4, 0.5) is 0 Å². The van der Waals surface area contributed by atoms with E-state index in [0.717, 1.165) is 13.1 Å². The van der Waals surface area contributed by atoms with E-state index in [1.165, 1.54) is 0 Å². The van der Waals surface area contributed by atoms with Gasteiger partial charge >= 0.3 is 0 Å². The van der Waals surface area contributed by atoms with E-state index in [1.54, 1.807) is 0 Å². The van der Waals surface area contributed by atoms with E-state index in [-0.39, 0.29) is 35.9 Å². The Morgan fingerprint density at radius 1 is 1.00 bits per heavy atom. The van der Waals surface area contributed by atoms with Gasteiger partial charge in [0, 0.05) is 34.2 Å². The summed E-state index contributed by atoms with van der Waals surface area (Å²) in [4.78, 5) is 4.13. The predicted octanol–water partition coefficient (Wildman–Crippen LogP) is 2.46. The SMILES string of the molecule is C=CCN1C=CN(CC=C)[CH-]1.[CH3-].[CH3-].[Pt]. The Labute approximate surface area is 103 Å². The maximum atomic E-state index is 3.66. The molecule has 14 heavy (non-hydrogen) atoms. The molecular weight excluding hydrogens is 355 g/mol. The van der Waals surface area contributed by atoms with Gasteiger partial charge in [-0.05, 0) is 12.4 Å². The predicted molar refractivity (Wildman–Crippen MR) is 60.1 cm³/mol. The summed E-state index contributed by atoms with van der Waals surface area (Å²) >= 11 is 0. The molecule has 0 atom stereocenters. The van der Waals surface area contributed by atoms with E-state index >= 15 is 0 Å². The maximum Gasteiger partial charge on any atom is 0.00788 e.